The van der Waals surface area contributed by atoms with Crippen LogP contribution in [0.1, 0.15) is 13.7 Å². The van der Waals surface area contributed by atoms with Crippen molar-refractivity contribution in [2.45, 2.75) is 0 Å². The zero-order valence-corrected chi connectivity index (χ0v) is 27.2. The van der Waals surface area contributed by atoms with Crippen LogP contribution in [-0.2, 0) is 0 Å². The number of hydrogen-bond acceptors (Lipinski definition) is 5. The maximum atomic E-state index is 9.56. The van der Waals surface area contributed by atoms with Gasteiger partial charge in [-0.05, 0) is 47.4 Å². The molecule has 4 aromatic heterocycles. The molecule has 0 amide bonds. The van der Waals surface area contributed by atoms with Gasteiger partial charge < -0.3 is 4.42 Å². The van der Waals surface area contributed by atoms with Gasteiger partial charge in [-0.15, -0.1) is 11.3 Å². The minimum Gasteiger partial charge on any atom is -0.455 e. The topological polar surface area (TPSA) is 56.7 Å². The molecule has 6 heteroatoms. The molecule has 0 aliphatic carbocycles. The molecule has 5 nitrogen and oxygen atoms in total. The smallest absolute Gasteiger partial charge is 0.238 e. The average Bonchev–Trinajstić information content (AvgIpc) is 3.99. The van der Waals surface area contributed by atoms with Crippen LogP contribution < -0.4 is 0 Å². The van der Waals surface area contributed by atoms with Crippen molar-refractivity contribution in [3.05, 3.63) is 157 Å². The van der Waals surface area contributed by atoms with E-state index in [9.17, 15) is 5.48 Å². The van der Waals surface area contributed by atoms with Crippen LogP contribution in [0.25, 0.3) is 104 Å². The van der Waals surface area contributed by atoms with E-state index >= 15 is 0 Å². The molecular weight excluding hydrogens is 645 g/mol. The SMILES string of the molecule is [2H]c1c([2H])c([2H])c2c(oc3c2c([2H])c([2H])c2c3c3c([2H])c([2H])c([2H])c([2H])c3n2-c2nc(-c3ccc(-c4ccccc4)cc3)nc(-c3cccc4c3sc3ccccc34)n2)c1[2H]. The molecule has 51 heavy (non-hydrogen) atoms. The number of fused-ring (bicyclic) bond motifs is 10. The summed E-state index contributed by atoms with van der Waals surface area (Å²) < 4.78 is 98.6. The Hall–Kier alpha value is -6.63. The summed E-state index contributed by atoms with van der Waals surface area (Å²) in [6.45, 7) is 0. The zero-order chi connectivity index (χ0) is 42.2. The van der Waals surface area contributed by atoms with Crippen molar-refractivity contribution < 1.29 is 18.1 Å². The lowest BCUT2D eigenvalue weighted by Gasteiger charge is -2.12. The van der Waals surface area contributed by atoms with E-state index in [0.29, 0.717) is 11.1 Å². The lowest BCUT2D eigenvalue weighted by molar-refractivity contribution is 0.673. The Morgan fingerprint density at radius 1 is 0.529 bits per heavy atom. The second-order valence-electron chi connectivity index (χ2n) is 12.0. The molecule has 0 N–H and O–H groups in total. The van der Waals surface area contributed by atoms with Gasteiger partial charge in [-0.1, -0.05) is 121 Å². The van der Waals surface area contributed by atoms with Crippen molar-refractivity contribution in [3.8, 4) is 39.9 Å². The van der Waals surface area contributed by atoms with Crippen LogP contribution in [0.5, 0.6) is 0 Å². The van der Waals surface area contributed by atoms with E-state index in [1.807, 2.05) is 91.0 Å². The standard InChI is InChI=1S/C45H26N4OS/c1-2-11-27(12-3-1)28-21-23-29(24-22-28)43-46-44(35-17-10-16-33-31-14-6-9-20-39(31)51-42(33)35)48-45(47-43)49-36-18-7-4-15-34(36)40-37(49)26-25-32-30-13-5-8-19-38(30)50-41(32)40/h1-26H/i4D,5D,7D,8D,13D,15D,18D,19D,25D,26D. The van der Waals surface area contributed by atoms with Crippen LogP contribution >= 0.6 is 11.3 Å². The molecular formula is C45H26N4OS. The van der Waals surface area contributed by atoms with Crippen LogP contribution in [0, 0.1) is 0 Å². The highest BCUT2D eigenvalue weighted by molar-refractivity contribution is 7.26. The molecule has 0 saturated carbocycles. The highest BCUT2D eigenvalue weighted by Gasteiger charge is 2.22. The fourth-order valence-corrected chi connectivity index (χ4v) is 8.06. The maximum absolute atomic E-state index is 9.56. The quantitative estimate of drug-likeness (QED) is 0.186. The molecule has 0 atom stereocenters. The number of furan rings is 1. The Kier molecular flexibility index (Phi) is 4.32. The van der Waals surface area contributed by atoms with E-state index in [1.54, 1.807) is 11.3 Å². The second-order valence-corrected chi connectivity index (χ2v) is 13.1. The summed E-state index contributed by atoms with van der Waals surface area (Å²) in [5.74, 6) is 0.397. The zero-order valence-electron chi connectivity index (χ0n) is 36.3. The van der Waals surface area contributed by atoms with E-state index in [2.05, 4.69) is 6.07 Å². The van der Waals surface area contributed by atoms with Crippen molar-refractivity contribution in [1.82, 2.24) is 19.5 Å². The number of rotatable bonds is 4. The summed E-state index contributed by atoms with van der Waals surface area (Å²) in [5.41, 5.74) is 2.73. The van der Waals surface area contributed by atoms with Crippen molar-refractivity contribution >= 4 is 75.3 Å². The third-order valence-electron chi connectivity index (χ3n) is 9.19. The molecule has 0 aliphatic heterocycles. The molecule has 7 aromatic carbocycles. The van der Waals surface area contributed by atoms with Gasteiger partial charge in [0, 0.05) is 47.5 Å². The lowest BCUT2D eigenvalue weighted by atomic mass is 10.0. The molecule has 0 bridgehead atoms. The molecule has 0 spiro atoms. The first-order valence-corrected chi connectivity index (χ1v) is 16.9. The Morgan fingerprint density at radius 2 is 1.25 bits per heavy atom. The number of aromatic nitrogens is 4. The number of para-hydroxylation sites is 2. The summed E-state index contributed by atoms with van der Waals surface area (Å²) in [6, 6.07) is 26.5. The minimum absolute atomic E-state index is 0.00777. The highest BCUT2D eigenvalue weighted by Crippen LogP contribution is 2.42. The van der Waals surface area contributed by atoms with Crippen LogP contribution in [0.3, 0.4) is 0 Å². The first kappa shape index (κ1) is 20.1. The van der Waals surface area contributed by atoms with Crippen molar-refractivity contribution in [2.75, 3.05) is 0 Å². The summed E-state index contributed by atoms with van der Waals surface area (Å²) >= 11 is 1.58. The van der Waals surface area contributed by atoms with Crippen LogP contribution in [0.2, 0.25) is 0 Å². The van der Waals surface area contributed by atoms with E-state index in [1.165, 1.54) is 4.57 Å². The largest absolute Gasteiger partial charge is 0.455 e. The Labute approximate surface area is 309 Å². The maximum Gasteiger partial charge on any atom is 0.238 e. The number of nitrogens with zero attached hydrogens (tertiary/aromatic N) is 4. The summed E-state index contributed by atoms with van der Waals surface area (Å²) in [4.78, 5) is 15.0. The Balaban J connectivity index is 1.29. The van der Waals surface area contributed by atoms with Crippen LogP contribution in [-0.4, -0.2) is 19.5 Å². The van der Waals surface area contributed by atoms with Gasteiger partial charge >= 0.3 is 0 Å². The lowest BCUT2D eigenvalue weighted by Crippen LogP contribution is -2.06. The Morgan fingerprint density at radius 3 is 2.16 bits per heavy atom. The van der Waals surface area contributed by atoms with Crippen LogP contribution in [0.4, 0.5) is 0 Å². The first-order chi connectivity index (χ1) is 29.4. The number of benzene rings is 7. The van der Waals surface area contributed by atoms with E-state index < -0.39 is 60.4 Å². The highest BCUT2D eigenvalue weighted by atomic mass is 32.1. The van der Waals surface area contributed by atoms with Crippen LogP contribution in [0.15, 0.2) is 162 Å². The van der Waals surface area contributed by atoms with Gasteiger partial charge in [0.05, 0.1) is 30.1 Å². The third kappa shape index (κ3) is 4.30. The first-order valence-electron chi connectivity index (χ1n) is 21.1. The fourth-order valence-electron chi connectivity index (χ4n) is 6.85. The van der Waals surface area contributed by atoms with Crippen molar-refractivity contribution in [3.63, 3.8) is 0 Å². The molecule has 0 radical (unpaired) electrons. The predicted molar refractivity (Wildman–Crippen MR) is 211 cm³/mol. The monoisotopic (exact) mass is 680 g/mol. The van der Waals surface area contributed by atoms with Crippen molar-refractivity contribution in [1.29, 1.82) is 0 Å². The number of thiophene rings is 1. The summed E-state index contributed by atoms with van der Waals surface area (Å²) in [7, 11) is 0. The normalized spacial score (nSPS) is 14.7. The van der Waals surface area contributed by atoms with Gasteiger partial charge in [0.15, 0.2) is 11.6 Å². The van der Waals surface area contributed by atoms with E-state index in [4.69, 9.17) is 27.6 Å². The number of hydrogen-bond donors (Lipinski definition) is 0. The molecule has 0 unspecified atom stereocenters. The average molecular weight is 681 g/mol. The van der Waals surface area contributed by atoms with Gasteiger partial charge in [0.25, 0.3) is 0 Å². The predicted octanol–water partition coefficient (Wildman–Crippen LogP) is 12.2. The summed E-state index contributed by atoms with van der Waals surface area (Å²) in [6.07, 6.45) is 0. The molecule has 11 rings (SSSR count). The third-order valence-corrected chi connectivity index (χ3v) is 10.4. The van der Waals surface area contributed by atoms with Crippen molar-refractivity contribution in [2.24, 2.45) is 0 Å². The van der Waals surface area contributed by atoms with Gasteiger partial charge in [-0.25, -0.2) is 4.98 Å². The molecule has 0 aliphatic rings. The Bertz CT molecular complexity index is 3720. The molecule has 11 aromatic rings. The summed E-state index contributed by atoms with van der Waals surface area (Å²) in [5, 5.41) is 1.81. The van der Waals surface area contributed by atoms with Gasteiger partial charge in [-0.3, -0.25) is 4.57 Å². The molecule has 4 heterocycles. The fraction of sp³-hybridized carbons (Fsp3) is 0. The second kappa shape index (κ2) is 10.9. The van der Waals surface area contributed by atoms with Gasteiger partial charge in [0.2, 0.25) is 5.95 Å². The minimum atomic E-state index is -0.557. The van der Waals surface area contributed by atoms with Gasteiger partial charge in [-0.2, -0.15) is 9.97 Å². The van der Waals surface area contributed by atoms with Gasteiger partial charge in [0.1, 0.15) is 11.2 Å². The molecule has 0 fully saturated rings. The molecule has 238 valence electrons. The molecule has 0 saturated heterocycles. The van der Waals surface area contributed by atoms with E-state index in [0.717, 1.165) is 31.3 Å². The van der Waals surface area contributed by atoms with E-state index in [-0.39, 0.29) is 61.3 Å².